The molecule has 0 radical (unpaired) electrons. The summed E-state index contributed by atoms with van der Waals surface area (Å²) in [5.74, 6) is 2.04. The van der Waals surface area contributed by atoms with Gasteiger partial charge in [0.25, 0.3) is 0 Å². The second-order valence-electron chi connectivity index (χ2n) is 6.39. The molecule has 17 heavy (non-hydrogen) atoms. The van der Waals surface area contributed by atoms with E-state index in [-0.39, 0.29) is 0 Å². The molecule has 0 unspecified atom stereocenters. The quantitative estimate of drug-likeness (QED) is 0.640. The van der Waals surface area contributed by atoms with Gasteiger partial charge in [-0.05, 0) is 0 Å². The maximum absolute atomic E-state index is 2.46. The fourth-order valence-electron chi connectivity index (χ4n) is 3.37. The summed E-state index contributed by atoms with van der Waals surface area (Å²) in [5, 5.41) is 0. The van der Waals surface area contributed by atoms with Crippen molar-refractivity contribution < 1.29 is 0 Å². The summed E-state index contributed by atoms with van der Waals surface area (Å²) in [7, 11) is 5.33. The number of rotatable bonds is 2. The topological polar surface area (TPSA) is 0 Å². The van der Waals surface area contributed by atoms with Crippen molar-refractivity contribution in [2.45, 2.75) is 89.1 Å². The average molecular weight is 232 g/mol. The first-order valence-corrected chi connectivity index (χ1v) is 8.33. The average Bonchev–Trinajstić information content (AvgIpc) is 2.33. The van der Waals surface area contributed by atoms with Gasteiger partial charge in [0.05, 0.1) is 14.3 Å². The van der Waals surface area contributed by atoms with Gasteiger partial charge in [0.15, 0.2) is 0 Å². The van der Waals surface area contributed by atoms with Crippen molar-refractivity contribution in [3.63, 3.8) is 0 Å². The molecule has 0 nitrogen and oxygen atoms in total. The predicted octanol–water partition coefficient (Wildman–Crippen LogP) is 3.34. The highest BCUT2D eigenvalue weighted by molar-refractivity contribution is 7.00. The zero-order valence-electron chi connectivity index (χ0n) is 12.3. The Morgan fingerprint density at radius 2 is 1.24 bits per heavy atom. The first kappa shape index (κ1) is 15.3. The van der Waals surface area contributed by atoms with Gasteiger partial charge in [-0.25, -0.2) is 0 Å². The van der Waals surface area contributed by atoms with Gasteiger partial charge in [-0.2, -0.15) is 0 Å². The van der Waals surface area contributed by atoms with E-state index in [1.54, 1.807) is 0 Å². The molecule has 0 bridgehead atoms. The van der Waals surface area contributed by atoms with Gasteiger partial charge in [0.2, 0.25) is 0 Å². The fourth-order valence-corrected chi connectivity index (χ4v) is 3.37. The molecule has 0 heterocycles. The lowest BCUT2D eigenvalue weighted by molar-refractivity contribution is 0.560. The molecule has 0 aromatic rings. The van der Waals surface area contributed by atoms with E-state index in [9.17, 15) is 0 Å². The zero-order chi connectivity index (χ0) is 12.3. The zero-order valence-corrected chi connectivity index (χ0v) is 12.3. The van der Waals surface area contributed by atoms with E-state index >= 15 is 0 Å². The van der Waals surface area contributed by atoms with Crippen molar-refractivity contribution >= 4 is 22.2 Å². The first-order chi connectivity index (χ1) is 8.33. The van der Waals surface area contributed by atoms with E-state index in [0.29, 0.717) is 0 Å². The third-order valence-corrected chi connectivity index (χ3v) is 4.57. The monoisotopic (exact) mass is 232 g/mol. The second-order valence-corrected chi connectivity index (χ2v) is 6.39. The van der Waals surface area contributed by atoms with Gasteiger partial charge >= 0.3 is 0 Å². The predicted molar refractivity (Wildman–Crippen MR) is 87.0 cm³/mol. The smallest absolute Gasteiger partial charge is 0.0958 e. The molecular weight excluding hydrogens is 201 g/mol. The Labute approximate surface area is 112 Å². The Morgan fingerprint density at radius 1 is 0.765 bits per heavy atom. The summed E-state index contributed by atoms with van der Waals surface area (Å²) in [4.78, 5) is 0. The molecule has 0 saturated heterocycles. The second kappa shape index (κ2) is 10.1. The van der Waals surface area contributed by atoms with Gasteiger partial charge in [0, 0.05) is 0 Å². The summed E-state index contributed by atoms with van der Waals surface area (Å²) >= 11 is 0. The van der Waals surface area contributed by atoms with Crippen molar-refractivity contribution in [2.24, 2.45) is 0 Å². The first-order valence-electron chi connectivity index (χ1n) is 8.33. The van der Waals surface area contributed by atoms with Crippen molar-refractivity contribution in [3.05, 3.63) is 0 Å². The van der Waals surface area contributed by atoms with E-state index in [0.717, 1.165) is 11.6 Å². The Morgan fingerprint density at radius 3 is 1.76 bits per heavy atom. The minimum atomic E-state index is 0.988. The molecule has 0 aliphatic heterocycles. The van der Waals surface area contributed by atoms with Gasteiger partial charge in [-0.15, -0.1) is 0 Å². The third-order valence-electron chi connectivity index (χ3n) is 4.57. The Hall–Kier alpha value is 0.195. The molecule has 2 atom stereocenters. The highest BCUT2D eigenvalue weighted by Crippen LogP contribution is 2.26. The molecule has 1 rings (SSSR count). The van der Waals surface area contributed by atoms with Crippen molar-refractivity contribution in [1.82, 2.24) is 0 Å². The summed E-state index contributed by atoms with van der Waals surface area (Å²) < 4.78 is 0. The van der Waals surface area contributed by atoms with E-state index in [4.69, 9.17) is 0 Å². The molecule has 1 aliphatic carbocycles. The largest absolute Gasteiger partial charge is 0.105 e. The summed E-state index contributed by atoms with van der Waals surface area (Å²) in [6.45, 7) is 2.35. The van der Waals surface area contributed by atoms with Crippen LogP contribution in [-0.4, -0.2) is 22.2 Å². The molecule has 3 heteroatoms. The molecule has 96 valence electrons. The molecule has 1 fully saturated rings. The minimum Gasteiger partial charge on any atom is -0.0958 e. The van der Waals surface area contributed by atoms with E-state index < -0.39 is 0 Å². The summed E-state index contributed by atoms with van der Waals surface area (Å²) in [6.07, 6.45) is 16.4. The highest BCUT2D eigenvalue weighted by Gasteiger charge is 2.10. The van der Waals surface area contributed by atoms with Crippen LogP contribution in [0.15, 0.2) is 0 Å². The van der Waals surface area contributed by atoms with Crippen LogP contribution in [0.2, 0.25) is 18.5 Å². The maximum Gasteiger partial charge on any atom is 0.105 e. The van der Waals surface area contributed by atoms with Crippen LogP contribution < -0.4 is 0 Å². The molecular formula is C14H31B3. The van der Waals surface area contributed by atoms with Crippen molar-refractivity contribution in [2.75, 3.05) is 0 Å². The fraction of sp³-hybridized carbons (Fsp3) is 1.00. The highest BCUT2D eigenvalue weighted by atomic mass is 14.1. The molecule has 1 saturated carbocycles. The lowest BCUT2D eigenvalue weighted by Gasteiger charge is -2.14. The van der Waals surface area contributed by atoms with Crippen LogP contribution in [-0.2, 0) is 0 Å². The standard InChI is InChI=1S/C14H31B3/c1-16-17-14-11-7-3-2-5-9-13(15)10-6-4-8-12-14/h13-14,16-17H,2-12,15H2,1H3/t13-,14+/m0/s1. The number of hydrogen-bond donors (Lipinski definition) is 0. The van der Waals surface area contributed by atoms with E-state index in [1.165, 1.54) is 85.0 Å². The molecule has 0 amide bonds. The molecule has 1 aliphatic rings. The Balaban J connectivity index is 2.26. The lowest BCUT2D eigenvalue weighted by Crippen LogP contribution is -2.09. The van der Waals surface area contributed by atoms with Crippen molar-refractivity contribution in [1.29, 1.82) is 0 Å². The normalized spacial score (nSPS) is 29.5. The molecule has 0 spiro atoms. The minimum absolute atomic E-state index is 0.988. The summed E-state index contributed by atoms with van der Waals surface area (Å²) in [6, 6.07) is 0. The van der Waals surface area contributed by atoms with Crippen LogP contribution in [0, 0.1) is 0 Å². The maximum atomic E-state index is 2.46. The Kier molecular flexibility index (Phi) is 9.11. The van der Waals surface area contributed by atoms with E-state index in [2.05, 4.69) is 14.7 Å². The van der Waals surface area contributed by atoms with Gasteiger partial charge in [-0.1, -0.05) is 89.1 Å². The van der Waals surface area contributed by atoms with Crippen molar-refractivity contribution in [3.8, 4) is 0 Å². The molecule has 0 aromatic carbocycles. The van der Waals surface area contributed by atoms with E-state index in [1.807, 2.05) is 0 Å². The summed E-state index contributed by atoms with van der Waals surface area (Å²) in [5.41, 5.74) is 0. The SMILES string of the molecule is B[C@H]1CCCCCC[C@@H](BBC)CCCCC1. The van der Waals surface area contributed by atoms with Crippen LogP contribution in [0.3, 0.4) is 0 Å². The van der Waals surface area contributed by atoms with Crippen LogP contribution in [0.1, 0.15) is 70.6 Å². The van der Waals surface area contributed by atoms with Crippen LogP contribution in [0.4, 0.5) is 0 Å². The lowest BCUT2D eigenvalue weighted by atomic mass is 9.34. The number of hydrogen-bond acceptors (Lipinski definition) is 0. The Bertz CT molecular complexity index is 173. The van der Waals surface area contributed by atoms with Crippen LogP contribution in [0.25, 0.3) is 0 Å². The van der Waals surface area contributed by atoms with Crippen LogP contribution in [0.5, 0.6) is 0 Å². The molecule has 0 aromatic heterocycles. The van der Waals surface area contributed by atoms with Crippen LogP contribution >= 0.6 is 0 Å². The third kappa shape index (κ3) is 8.00. The molecule has 0 N–H and O–H groups in total. The van der Waals surface area contributed by atoms with Gasteiger partial charge in [0.1, 0.15) is 7.85 Å². The van der Waals surface area contributed by atoms with Gasteiger partial charge in [-0.3, -0.25) is 0 Å². The van der Waals surface area contributed by atoms with Gasteiger partial charge < -0.3 is 0 Å².